The number of hydrogen-bond donors (Lipinski definition) is 0. The lowest BCUT2D eigenvalue weighted by Crippen LogP contribution is -2.40. The molecule has 0 spiro atoms. The molecule has 0 aliphatic rings. The molecule has 1 rings (SSSR count). The van der Waals surface area contributed by atoms with Crippen molar-refractivity contribution in [2.45, 2.75) is 51.9 Å². The first-order chi connectivity index (χ1) is 9.40. The summed E-state index contributed by atoms with van der Waals surface area (Å²) in [5.41, 5.74) is 0. The number of benzene rings is 1. The summed E-state index contributed by atoms with van der Waals surface area (Å²) >= 11 is 12.1. The van der Waals surface area contributed by atoms with Crippen molar-refractivity contribution in [2.24, 2.45) is 0 Å². The van der Waals surface area contributed by atoms with Crippen molar-refractivity contribution < 1.29 is 4.74 Å². The molecule has 0 radical (unpaired) electrons. The Kier molecular flexibility index (Phi) is 6.63. The summed E-state index contributed by atoms with van der Waals surface area (Å²) in [6, 6.07) is 8.95. The molecule has 0 aliphatic heterocycles. The third kappa shape index (κ3) is 3.81. The van der Waals surface area contributed by atoms with Gasteiger partial charge in [0.1, 0.15) is 11.9 Å². The van der Waals surface area contributed by atoms with Gasteiger partial charge in [0.05, 0.1) is 13.1 Å². The lowest BCUT2D eigenvalue weighted by molar-refractivity contribution is 0.264. The fourth-order valence-electron chi connectivity index (χ4n) is 2.69. The van der Waals surface area contributed by atoms with Gasteiger partial charge in [0.25, 0.3) is 0 Å². The summed E-state index contributed by atoms with van der Waals surface area (Å²) in [6.07, 6.45) is -0.0137. The van der Waals surface area contributed by atoms with E-state index in [9.17, 15) is 0 Å². The second kappa shape index (κ2) is 7.53. The van der Waals surface area contributed by atoms with Gasteiger partial charge in [-0.05, 0) is 30.3 Å². The van der Waals surface area contributed by atoms with Crippen LogP contribution in [0.25, 0.3) is 0 Å². The van der Waals surface area contributed by atoms with Crippen LogP contribution < -0.4 is 4.74 Å². The highest BCUT2D eigenvalue weighted by Crippen LogP contribution is 2.33. The topological polar surface area (TPSA) is 9.23 Å². The predicted octanol–water partition coefficient (Wildman–Crippen LogP) is 6.36. The van der Waals surface area contributed by atoms with E-state index >= 15 is 0 Å². The molecule has 1 atom stereocenters. The highest BCUT2D eigenvalue weighted by Gasteiger charge is 2.33. The molecule has 1 aromatic carbocycles. The van der Waals surface area contributed by atoms with Crippen LogP contribution >= 0.6 is 23.2 Å². The maximum atomic E-state index is 6.17. The molecule has 0 aliphatic carbocycles. The van der Waals surface area contributed by atoms with Crippen LogP contribution in [0.1, 0.15) is 27.7 Å². The second-order valence-electron chi connectivity index (χ2n) is 5.20. The van der Waals surface area contributed by atoms with E-state index in [2.05, 4.69) is 34.3 Å². The molecule has 0 fully saturated rings. The minimum atomic E-state index is -1.45. The Balaban J connectivity index is 2.89. The highest BCUT2D eigenvalue weighted by molar-refractivity contribution is 6.86. The zero-order valence-corrected chi connectivity index (χ0v) is 15.3. The molecule has 0 bridgehead atoms. The predicted molar refractivity (Wildman–Crippen MR) is 92.9 cm³/mol. The average Bonchev–Trinajstić information content (AvgIpc) is 2.44. The van der Waals surface area contributed by atoms with Gasteiger partial charge < -0.3 is 4.74 Å². The molecule has 1 unspecified atom stereocenters. The van der Waals surface area contributed by atoms with Gasteiger partial charge in [-0.1, -0.05) is 62.1 Å². The van der Waals surface area contributed by atoms with E-state index < -0.39 is 8.07 Å². The Morgan fingerprint density at radius 1 is 1.20 bits per heavy atom. The minimum absolute atomic E-state index is 0.0137. The van der Waals surface area contributed by atoms with Crippen molar-refractivity contribution >= 4 is 31.3 Å². The lowest BCUT2D eigenvalue weighted by Gasteiger charge is -2.34. The maximum absolute atomic E-state index is 6.17. The summed E-state index contributed by atoms with van der Waals surface area (Å²) in [4.78, 5) is 0. The third-order valence-electron chi connectivity index (χ3n) is 4.40. The number of ether oxygens (including phenoxy) is 1. The Hall–Kier alpha value is -0.443. The first-order valence-corrected chi connectivity index (χ1v) is 10.6. The van der Waals surface area contributed by atoms with E-state index in [1.165, 1.54) is 23.3 Å². The summed E-state index contributed by atoms with van der Waals surface area (Å²) in [7, 11) is -1.45. The van der Waals surface area contributed by atoms with E-state index in [-0.39, 0.29) is 6.10 Å². The lowest BCUT2D eigenvalue weighted by atomic mass is 10.3. The van der Waals surface area contributed by atoms with Crippen LogP contribution in [0.5, 0.6) is 5.75 Å². The van der Waals surface area contributed by atoms with Crippen LogP contribution in [0.3, 0.4) is 0 Å². The zero-order valence-electron chi connectivity index (χ0n) is 12.8. The first kappa shape index (κ1) is 17.6. The van der Waals surface area contributed by atoms with Gasteiger partial charge >= 0.3 is 0 Å². The molecular formula is C16H24Cl2OSi. The largest absolute Gasteiger partial charge is 0.485 e. The van der Waals surface area contributed by atoms with Crippen molar-refractivity contribution in [3.05, 3.63) is 40.0 Å². The van der Waals surface area contributed by atoms with E-state index in [4.69, 9.17) is 27.9 Å². The highest BCUT2D eigenvalue weighted by atomic mass is 35.5. The fraction of sp³-hybridized carbons (Fsp3) is 0.500. The van der Waals surface area contributed by atoms with Crippen LogP contribution in [-0.2, 0) is 0 Å². The zero-order chi connectivity index (χ0) is 15.3. The van der Waals surface area contributed by atoms with Gasteiger partial charge in [-0.25, -0.2) is 0 Å². The van der Waals surface area contributed by atoms with E-state index in [0.29, 0.717) is 15.8 Å². The van der Waals surface area contributed by atoms with Gasteiger partial charge in [-0.15, -0.1) is 6.58 Å². The van der Waals surface area contributed by atoms with Crippen molar-refractivity contribution in [2.75, 3.05) is 0 Å². The number of hydrogen-bond acceptors (Lipinski definition) is 1. The third-order valence-corrected chi connectivity index (χ3v) is 10.8. The van der Waals surface area contributed by atoms with Crippen LogP contribution in [0, 0.1) is 0 Å². The molecule has 1 aromatic rings. The van der Waals surface area contributed by atoms with Crippen LogP contribution in [-0.4, -0.2) is 14.2 Å². The standard InChI is InChI=1S/C16H24Cl2OSi/c1-6-20(7-2,8-3)13(5)12(4)19-16-10-9-14(17)11-15(16)18/h9-12H,5-8H2,1-4H3. The SMILES string of the molecule is C=C(C(C)Oc1ccc(Cl)cc1Cl)[Si](CC)(CC)CC. The van der Waals surface area contributed by atoms with E-state index in [0.717, 1.165) is 0 Å². The second-order valence-corrected chi connectivity index (χ2v) is 11.4. The molecular weight excluding hydrogens is 307 g/mol. The van der Waals surface area contributed by atoms with Crippen LogP contribution in [0.15, 0.2) is 30.0 Å². The van der Waals surface area contributed by atoms with Crippen molar-refractivity contribution in [1.29, 1.82) is 0 Å². The summed E-state index contributed by atoms with van der Waals surface area (Å²) < 4.78 is 6.02. The Morgan fingerprint density at radius 3 is 2.20 bits per heavy atom. The number of halogens is 2. The summed E-state index contributed by atoms with van der Waals surface area (Å²) in [6.45, 7) is 13.2. The molecule has 4 heteroatoms. The van der Waals surface area contributed by atoms with Gasteiger partial charge in [0.2, 0.25) is 0 Å². The van der Waals surface area contributed by atoms with E-state index in [1.807, 2.05) is 6.07 Å². The maximum Gasteiger partial charge on any atom is 0.138 e. The van der Waals surface area contributed by atoms with Crippen LogP contribution in [0.4, 0.5) is 0 Å². The summed E-state index contributed by atoms with van der Waals surface area (Å²) in [5.74, 6) is 0.677. The smallest absolute Gasteiger partial charge is 0.138 e. The quantitative estimate of drug-likeness (QED) is 0.528. The van der Waals surface area contributed by atoms with Crippen molar-refractivity contribution in [3.63, 3.8) is 0 Å². The number of rotatable bonds is 7. The van der Waals surface area contributed by atoms with Gasteiger partial charge in [-0.3, -0.25) is 0 Å². The fourth-order valence-corrected chi connectivity index (χ4v) is 6.93. The molecule has 0 saturated carbocycles. The first-order valence-electron chi connectivity index (χ1n) is 7.21. The van der Waals surface area contributed by atoms with Gasteiger partial charge in [0.15, 0.2) is 0 Å². The average molecular weight is 331 g/mol. The van der Waals surface area contributed by atoms with Gasteiger partial charge in [0, 0.05) is 5.02 Å². The molecule has 112 valence electrons. The minimum Gasteiger partial charge on any atom is -0.485 e. The summed E-state index contributed by atoms with van der Waals surface area (Å²) in [5, 5.41) is 2.44. The molecule has 0 N–H and O–H groups in total. The van der Waals surface area contributed by atoms with Crippen LogP contribution in [0.2, 0.25) is 28.2 Å². The molecule has 0 saturated heterocycles. The molecule has 0 aromatic heterocycles. The van der Waals surface area contributed by atoms with E-state index in [1.54, 1.807) is 12.1 Å². The van der Waals surface area contributed by atoms with Crippen molar-refractivity contribution in [3.8, 4) is 5.75 Å². The van der Waals surface area contributed by atoms with Gasteiger partial charge in [-0.2, -0.15) is 0 Å². The van der Waals surface area contributed by atoms with Crippen molar-refractivity contribution in [1.82, 2.24) is 0 Å². The Morgan fingerprint density at radius 2 is 1.75 bits per heavy atom. The normalized spacial score (nSPS) is 13.1. The Labute approximate surface area is 133 Å². The molecule has 1 nitrogen and oxygen atoms in total. The molecule has 0 heterocycles. The molecule has 0 amide bonds. The monoisotopic (exact) mass is 330 g/mol. The molecule has 20 heavy (non-hydrogen) atoms. The Bertz CT molecular complexity index is 461.